The highest BCUT2D eigenvalue weighted by atomic mass is 32.2. The van der Waals surface area contributed by atoms with Gasteiger partial charge in [-0.2, -0.15) is 0 Å². The van der Waals surface area contributed by atoms with E-state index in [9.17, 15) is 13.2 Å². The molecular formula is C23H29N5O3S. The van der Waals surface area contributed by atoms with Crippen molar-refractivity contribution >= 4 is 21.3 Å². The average molecular weight is 456 g/mol. The van der Waals surface area contributed by atoms with Crippen LogP contribution in [0.2, 0.25) is 0 Å². The Kier molecular flexibility index (Phi) is 6.88. The molecule has 32 heavy (non-hydrogen) atoms. The Labute approximate surface area is 188 Å². The zero-order valence-electron chi connectivity index (χ0n) is 18.3. The Hall–Kier alpha value is -2.75. The second kappa shape index (κ2) is 9.81. The van der Waals surface area contributed by atoms with E-state index in [0.29, 0.717) is 12.1 Å². The second-order valence-electron chi connectivity index (χ2n) is 8.18. The van der Waals surface area contributed by atoms with Gasteiger partial charge >= 0.3 is 0 Å². The number of sulfone groups is 1. The van der Waals surface area contributed by atoms with Gasteiger partial charge in [-0.05, 0) is 30.7 Å². The molecule has 2 aromatic heterocycles. The number of carbonyl (C=O) groups excluding carboxylic acids is 1. The first-order valence-electron chi connectivity index (χ1n) is 10.9. The molecule has 4 rings (SSSR count). The summed E-state index contributed by atoms with van der Waals surface area (Å²) in [6.07, 6.45) is 3.53. The molecule has 1 amide bonds. The number of amides is 1. The standard InChI is InChI=1S/C23H29N5O3S/c1-32(30,31)23-25-21(20-10-5-6-13-28(20)23)22(29)24-11-7-12-26-14-16-27(17-15-26)18-19-8-3-2-4-9-19/h2-6,8-10,13H,7,11-12,14-18H2,1H3,(H,24,29). The molecule has 8 nitrogen and oxygen atoms in total. The lowest BCUT2D eigenvalue weighted by atomic mass is 10.2. The van der Waals surface area contributed by atoms with Crippen molar-refractivity contribution in [3.63, 3.8) is 0 Å². The van der Waals surface area contributed by atoms with Crippen molar-refractivity contribution in [2.75, 3.05) is 45.5 Å². The van der Waals surface area contributed by atoms with E-state index in [1.165, 1.54) is 9.96 Å². The van der Waals surface area contributed by atoms with E-state index >= 15 is 0 Å². The van der Waals surface area contributed by atoms with Gasteiger partial charge in [-0.1, -0.05) is 36.4 Å². The number of carbonyl (C=O) groups is 1. The molecule has 0 radical (unpaired) electrons. The van der Waals surface area contributed by atoms with Crippen molar-refractivity contribution in [3.8, 4) is 0 Å². The van der Waals surface area contributed by atoms with Crippen LogP contribution in [0.15, 0.2) is 59.9 Å². The lowest BCUT2D eigenvalue weighted by molar-refractivity contribution is 0.0944. The summed E-state index contributed by atoms with van der Waals surface area (Å²) >= 11 is 0. The molecule has 0 saturated carbocycles. The van der Waals surface area contributed by atoms with Crippen molar-refractivity contribution in [1.29, 1.82) is 0 Å². The number of aromatic nitrogens is 2. The van der Waals surface area contributed by atoms with Crippen LogP contribution in [0.4, 0.5) is 0 Å². The van der Waals surface area contributed by atoms with E-state index in [-0.39, 0.29) is 16.8 Å². The third-order valence-electron chi connectivity index (χ3n) is 5.71. The first-order chi connectivity index (χ1) is 15.4. The molecule has 3 aromatic rings. The number of fused-ring (bicyclic) bond motifs is 1. The van der Waals surface area contributed by atoms with Crippen LogP contribution in [0.5, 0.6) is 0 Å². The van der Waals surface area contributed by atoms with Crippen molar-refractivity contribution < 1.29 is 13.2 Å². The largest absolute Gasteiger partial charge is 0.351 e. The van der Waals surface area contributed by atoms with Gasteiger partial charge in [0.2, 0.25) is 15.0 Å². The molecule has 1 aliphatic rings. The quantitative estimate of drug-likeness (QED) is 0.520. The summed E-state index contributed by atoms with van der Waals surface area (Å²) in [5.41, 5.74) is 1.97. The van der Waals surface area contributed by atoms with E-state index in [1.807, 2.05) is 6.07 Å². The second-order valence-corrected chi connectivity index (χ2v) is 10.1. The predicted octanol–water partition coefficient (Wildman–Crippen LogP) is 1.68. The number of hydrogen-bond donors (Lipinski definition) is 1. The maximum absolute atomic E-state index is 12.7. The highest BCUT2D eigenvalue weighted by Gasteiger charge is 2.22. The summed E-state index contributed by atoms with van der Waals surface area (Å²) in [5.74, 6) is -0.351. The van der Waals surface area contributed by atoms with E-state index in [1.54, 1.807) is 24.4 Å². The van der Waals surface area contributed by atoms with Gasteiger partial charge in [-0.25, -0.2) is 13.4 Å². The zero-order valence-corrected chi connectivity index (χ0v) is 19.1. The lowest BCUT2D eigenvalue weighted by Crippen LogP contribution is -2.46. The number of hydrogen-bond acceptors (Lipinski definition) is 6. The van der Waals surface area contributed by atoms with E-state index in [4.69, 9.17) is 0 Å². The Morgan fingerprint density at radius 3 is 2.41 bits per heavy atom. The van der Waals surface area contributed by atoms with E-state index in [0.717, 1.165) is 51.9 Å². The third kappa shape index (κ3) is 5.35. The number of piperazine rings is 1. The van der Waals surface area contributed by atoms with Crippen LogP contribution in [-0.4, -0.2) is 79.0 Å². The molecule has 9 heteroatoms. The van der Waals surface area contributed by atoms with Crippen LogP contribution in [-0.2, 0) is 16.4 Å². The zero-order chi connectivity index (χ0) is 22.6. The first kappa shape index (κ1) is 22.4. The summed E-state index contributed by atoms with van der Waals surface area (Å²) in [7, 11) is -3.55. The summed E-state index contributed by atoms with van der Waals surface area (Å²) in [4.78, 5) is 21.7. The summed E-state index contributed by atoms with van der Waals surface area (Å²) < 4.78 is 25.5. The summed E-state index contributed by atoms with van der Waals surface area (Å²) in [6.45, 7) is 6.53. The van der Waals surface area contributed by atoms with E-state index in [2.05, 4.69) is 44.4 Å². The minimum absolute atomic E-state index is 0.119. The number of nitrogens with zero attached hydrogens (tertiary/aromatic N) is 4. The molecule has 170 valence electrons. The highest BCUT2D eigenvalue weighted by Crippen LogP contribution is 2.17. The van der Waals surface area contributed by atoms with E-state index < -0.39 is 9.84 Å². The van der Waals surface area contributed by atoms with Crippen LogP contribution < -0.4 is 5.32 Å². The molecule has 1 aliphatic heterocycles. The Morgan fingerprint density at radius 2 is 1.69 bits per heavy atom. The van der Waals surface area contributed by atoms with Gasteiger partial charge in [-0.15, -0.1) is 0 Å². The summed E-state index contributed by atoms with van der Waals surface area (Å²) in [6, 6.07) is 15.7. The summed E-state index contributed by atoms with van der Waals surface area (Å²) in [5, 5.41) is 2.77. The van der Waals surface area contributed by atoms with Gasteiger partial charge in [0.15, 0.2) is 5.69 Å². The highest BCUT2D eigenvalue weighted by molar-refractivity contribution is 7.90. The van der Waals surface area contributed by atoms with Crippen LogP contribution in [0.1, 0.15) is 22.5 Å². The molecule has 0 atom stereocenters. The van der Waals surface area contributed by atoms with Gasteiger partial charge < -0.3 is 10.2 Å². The van der Waals surface area contributed by atoms with Gasteiger partial charge in [0, 0.05) is 51.7 Å². The van der Waals surface area contributed by atoms with Crippen LogP contribution in [0, 0.1) is 0 Å². The van der Waals surface area contributed by atoms with Crippen LogP contribution >= 0.6 is 0 Å². The molecule has 0 unspecified atom stereocenters. The molecule has 1 aromatic carbocycles. The Balaban J connectivity index is 1.24. The molecule has 1 N–H and O–H groups in total. The monoisotopic (exact) mass is 455 g/mol. The van der Waals surface area contributed by atoms with Gasteiger partial charge in [0.1, 0.15) is 0 Å². The van der Waals surface area contributed by atoms with Crippen molar-refractivity contribution in [2.45, 2.75) is 18.1 Å². The SMILES string of the molecule is CS(=O)(=O)c1nc(C(=O)NCCCN2CCN(Cc3ccccc3)CC2)c2ccccn12. The molecule has 0 spiro atoms. The molecule has 0 bridgehead atoms. The van der Waals surface area contributed by atoms with Crippen molar-refractivity contribution in [1.82, 2.24) is 24.5 Å². The molecule has 0 aliphatic carbocycles. The number of imidazole rings is 1. The molecule has 3 heterocycles. The maximum atomic E-state index is 12.7. The van der Waals surface area contributed by atoms with Gasteiger partial charge in [0.05, 0.1) is 5.52 Å². The smallest absolute Gasteiger partial charge is 0.272 e. The van der Waals surface area contributed by atoms with Gasteiger partial charge in [-0.3, -0.25) is 14.1 Å². The first-order valence-corrected chi connectivity index (χ1v) is 12.7. The Bertz CT molecular complexity index is 1170. The minimum Gasteiger partial charge on any atom is -0.351 e. The molecule has 1 fully saturated rings. The predicted molar refractivity (Wildman–Crippen MR) is 123 cm³/mol. The minimum atomic E-state index is -3.55. The van der Waals surface area contributed by atoms with Gasteiger partial charge in [0.25, 0.3) is 5.91 Å². The van der Waals surface area contributed by atoms with Crippen molar-refractivity contribution in [3.05, 3.63) is 66.0 Å². The van der Waals surface area contributed by atoms with Crippen molar-refractivity contribution in [2.24, 2.45) is 0 Å². The number of pyridine rings is 1. The fourth-order valence-electron chi connectivity index (χ4n) is 4.04. The van der Waals surface area contributed by atoms with Crippen LogP contribution in [0.3, 0.4) is 0 Å². The topological polar surface area (TPSA) is 87.0 Å². The number of nitrogens with one attached hydrogen (secondary N) is 1. The molecule has 1 saturated heterocycles. The molecular weight excluding hydrogens is 426 g/mol. The van der Waals surface area contributed by atoms with Crippen LogP contribution in [0.25, 0.3) is 5.52 Å². The number of rotatable bonds is 8. The maximum Gasteiger partial charge on any atom is 0.272 e. The third-order valence-corrected chi connectivity index (χ3v) is 6.66. The average Bonchev–Trinajstić information content (AvgIpc) is 3.19. The normalized spacial score (nSPS) is 15.8. The number of benzene rings is 1. The fraction of sp³-hybridized carbons (Fsp3) is 0.391. The lowest BCUT2D eigenvalue weighted by Gasteiger charge is -2.34. The fourth-order valence-corrected chi connectivity index (χ4v) is 4.81. The Morgan fingerprint density at radius 1 is 1.00 bits per heavy atom.